The normalized spacial score (nSPS) is 16.4. The lowest BCUT2D eigenvalue weighted by atomic mass is 10.2. The van der Waals surface area contributed by atoms with Gasteiger partial charge in [-0.05, 0) is 43.0 Å². The molecule has 1 fully saturated rings. The lowest BCUT2D eigenvalue weighted by Crippen LogP contribution is -2.19. The van der Waals surface area contributed by atoms with Gasteiger partial charge in [-0.15, -0.1) is 0 Å². The van der Waals surface area contributed by atoms with Crippen LogP contribution in [0.3, 0.4) is 0 Å². The van der Waals surface area contributed by atoms with Crippen LogP contribution in [0.4, 0.5) is 5.69 Å². The molecule has 2 aromatic rings. The number of amides is 1. The fraction of sp³-hybridized carbons (Fsp3) is 0.143. The Labute approximate surface area is 162 Å². The summed E-state index contributed by atoms with van der Waals surface area (Å²) in [6.07, 6.45) is 3.48. The molecule has 0 radical (unpaired) electrons. The Balaban J connectivity index is 1.84. The van der Waals surface area contributed by atoms with Gasteiger partial charge in [0.1, 0.15) is 23.8 Å². The number of hydrogen-bond donors (Lipinski definition) is 1. The monoisotopic (exact) mass is 380 g/mol. The summed E-state index contributed by atoms with van der Waals surface area (Å²) in [5.74, 6) is 1.19. The van der Waals surface area contributed by atoms with E-state index in [1.165, 1.54) is 11.8 Å². The van der Waals surface area contributed by atoms with Gasteiger partial charge >= 0.3 is 0 Å². The van der Waals surface area contributed by atoms with Crippen molar-refractivity contribution in [3.63, 3.8) is 0 Å². The number of carbonyl (C=O) groups excluding carboxylic acids is 1. The average Bonchev–Trinajstić information content (AvgIpc) is 3.02. The van der Waals surface area contributed by atoms with E-state index in [1.807, 2.05) is 55.5 Å². The smallest absolute Gasteiger partial charge is 0.264 e. The van der Waals surface area contributed by atoms with E-state index in [1.54, 1.807) is 12.2 Å². The van der Waals surface area contributed by atoms with Crippen molar-refractivity contribution in [1.82, 2.24) is 5.32 Å². The third-order valence-electron chi connectivity index (χ3n) is 3.60. The van der Waals surface area contributed by atoms with E-state index in [-0.39, 0.29) is 5.91 Å². The molecule has 1 amide bonds. The largest absolute Gasteiger partial charge is 0.492 e. The Hall–Kier alpha value is -2.99. The maximum atomic E-state index is 12.3. The van der Waals surface area contributed by atoms with E-state index in [0.717, 1.165) is 5.56 Å². The number of carbonyl (C=O) groups is 1. The first-order valence-electron chi connectivity index (χ1n) is 8.55. The summed E-state index contributed by atoms with van der Waals surface area (Å²) in [6, 6.07) is 15.0. The third kappa shape index (κ3) is 4.80. The average molecular weight is 380 g/mol. The van der Waals surface area contributed by atoms with Gasteiger partial charge < -0.3 is 14.8 Å². The van der Waals surface area contributed by atoms with Crippen LogP contribution in [0.2, 0.25) is 0 Å². The van der Waals surface area contributed by atoms with Crippen LogP contribution in [0.1, 0.15) is 12.5 Å². The van der Waals surface area contributed by atoms with Crippen molar-refractivity contribution in [2.45, 2.75) is 6.92 Å². The predicted molar refractivity (Wildman–Crippen MR) is 111 cm³/mol. The van der Waals surface area contributed by atoms with Gasteiger partial charge in [-0.25, -0.2) is 4.99 Å². The van der Waals surface area contributed by atoms with Crippen molar-refractivity contribution in [2.75, 3.05) is 13.2 Å². The first-order valence-corrected chi connectivity index (χ1v) is 9.37. The molecule has 0 spiro atoms. The molecular weight excluding hydrogens is 360 g/mol. The zero-order chi connectivity index (χ0) is 19.1. The van der Waals surface area contributed by atoms with Gasteiger partial charge in [0.25, 0.3) is 5.91 Å². The summed E-state index contributed by atoms with van der Waals surface area (Å²) in [6.45, 7) is 6.53. The summed E-state index contributed by atoms with van der Waals surface area (Å²) in [4.78, 5) is 17.4. The van der Waals surface area contributed by atoms with Crippen LogP contribution < -0.4 is 14.8 Å². The highest BCUT2D eigenvalue weighted by molar-refractivity contribution is 8.18. The van der Waals surface area contributed by atoms with Crippen molar-refractivity contribution in [3.05, 3.63) is 71.7 Å². The summed E-state index contributed by atoms with van der Waals surface area (Å²) in [5, 5.41) is 3.31. The van der Waals surface area contributed by atoms with E-state index in [4.69, 9.17) is 9.47 Å². The molecule has 0 atom stereocenters. The Morgan fingerprint density at radius 3 is 2.63 bits per heavy atom. The highest BCUT2D eigenvalue weighted by atomic mass is 32.2. The van der Waals surface area contributed by atoms with E-state index < -0.39 is 0 Å². The molecule has 0 unspecified atom stereocenters. The SMILES string of the molecule is C=CCOc1ccccc1/C=C1\SC(=Nc2ccccc2OCC)NC1=O. The first-order chi connectivity index (χ1) is 13.2. The number of benzene rings is 2. The van der Waals surface area contributed by atoms with Crippen molar-refractivity contribution < 1.29 is 14.3 Å². The lowest BCUT2D eigenvalue weighted by Gasteiger charge is -2.07. The number of rotatable bonds is 7. The second-order valence-corrected chi connectivity index (χ2v) is 6.55. The molecule has 1 saturated heterocycles. The number of aliphatic imine (C=N–C) groups is 1. The van der Waals surface area contributed by atoms with Gasteiger partial charge in [0.2, 0.25) is 0 Å². The molecule has 27 heavy (non-hydrogen) atoms. The van der Waals surface area contributed by atoms with Gasteiger partial charge in [-0.1, -0.05) is 43.0 Å². The highest BCUT2D eigenvalue weighted by Crippen LogP contribution is 2.33. The molecule has 138 valence electrons. The molecule has 0 bridgehead atoms. The van der Waals surface area contributed by atoms with E-state index >= 15 is 0 Å². The van der Waals surface area contributed by atoms with Gasteiger partial charge in [-0.3, -0.25) is 4.79 Å². The Morgan fingerprint density at radius 1 is 1.11 bits per heavy atom. The lowest BCUT2D eigenvalue weighted by molar-refractivity contribution is -0.115. The number of para-hydroxylation sites is 3. The Bertz CT molecular complexity index is 906. The minimum Gasteiger partial charge on any atom is -0.492 e. The fourth-order valence-corrected chi connectivity index (χ4v) is 3.26. The highest BCUT2D eigenvalue weighted by Gasteiger charge is 2.24. The summed E-state index contributed by atoms with van der Waals surface area (Å²) >= 11 is 1.29. The first kappa shape index (κ1) is 18.8. The standard InChI is InChI=1S/C21H20N2O3S/c1-3-13-26-17-11-7-5-9-15(17)14-19-20(24)23-21(27-19)22-16-10-6-8-12-18(16)25-4-2/h3,5-12,14H,1,4,13H2,2H3,(H,22,23,24)/b19-14-. The predicted octanol–water partition coefficient (Wildman–Crippen LogP) is 4.54. The van der Waals surface area contributed by atoms with Gasteiger partial charge in [0.05, 0.1) is 11.5 Å². The van der Waals surface area contributed by atoms with E-state index in [9.17, 15) is 4.79 Å². The number of thioether (sulfide) groups is 1. The molecule has 3 rings (SSSR count). The second-order valence-electron chi connectivity index (χ2n) is 5.52. The van der Waals surface area contributed by atoms with E-state index in [0.29, 0.717) is 40.5 Å². The minimum absolute atomic E-state index is 0.189. The Kier molecular flexibility index (Phi) is 6.33. The molecule has 0 aromatic heterocycles. The van der Waals surface area contributed by atoms with Gasteiger partial charge in [0, 0.05) is 5.56 Å². The molecule has 0 aliphatic carbocycles. The van der Waals surface area contributed by atoms with Crippen LogP contribution in [0.5, 0.6) is 11.5 Å². The Morgan fingerprint density at radius 2 is 1.85 bits per heavy atom. The van der Waals surface area contributed by atoms with Crippen LogP contribution in [-0.2, 0) is 4.79 Å². The molecule has 1 aliphatic rings. The van der Waals surface area contributed by atoms with Crippen LogP contribution in [0.15, 0.2) is 71.1 Å². The topological polar surface area (TPSA) is 59.9 Å². The van der Waals surface area contributed by atoms with Gasteiger partial charge in [-0.2, -0.15) is 0 Å². The van der Waals surface area contributed by atoms with Crippen molar-refractivity contribution in [1.29, 1.82) is 0 Å². The summed E-state index contributed by atoms with van der Waals surface area (Å²) < 4.78 is 11.2. The summed E-state index contributed by atoms with van der Waals surface area (Å²) in [7, 11) is 0. The minimum atomic E-state index is -0.189. The molecule has 2 aromatic carbocycles. The van der Waals surface area contributed by atoms with E-state index in [2.05, 4.69) is 16.9 Å². The molecule has 0 saturated carbocycles. The zero-order valence-corrected chi connectivity index (χ0v) is 15.8. The molecule has 1 aliphatic heterocycles. The van der Waals surface area contributed by atoms with Crippen LogP contribution >= 0.6 is 11.8 Å². The molecule has 1 heterocycles. The van der Waals surface area contributed by atoms with Crippen molar-refractivity contribution in [3.8, 4) is 11.5 Å². The molecule has 6 heteroatoms. The second kappa shape index (κ2) is 9.09. The van der Waals surface area contributed by atoms with Gasteiger partial charge in [0.15, 0.2) is 5.17 Å². The fourth-order valence-electron chi connectivity index (χ4n) is 2.44. The molecular formula is C21H20N2O3S. The van der Waals surface area contributed by atoms with Crippen LogP contribution in [-0.4, -0.2) is 24.3 Å². The molecule has 1 N–H and O–H groups in total. The van der Waals surface area contributed by atoms with Crippen molar-refractivity contribution in [2.24, 2.45) is 4.99 Å². The molecule has 5 nitrogen and oxygen atoms in total. The number of ether oxygens (including phenoxy) is 2. The number of nitrogens with one attached hydrogen (secondary N) is 1. The number of nitrogens with zero attached hydrogens (tertiary/aromatic N) is 1. The van der Waals surface area contributed by atoms with Crippen molar-refractivity contribution >= 4 is 34.6 Å². The number of amidine groups is 1. The summed E-state index contributed by atoms with van der Waals surface area (Å²) in [5.41, 5.74) is 1.51. The maximum absolute atomic E-state index is 12.3. The number of hydrogen-bond acceptors (Lipinski definition) is 5. The van der Waals surface area contributed by atoms with Crippen LogP contribution in [0, 0.1) is 0 Å². The quantitative estimate of drug-likeness (QED) is 0.566. The zero-order valence-electron chi connectivity index (χ0n) is 15.0. The van der Waals surface area contributed by atoms with Crippen LogP contribution in [0.25, 0.3) is 6.08 Å². The third-order valence-corrected chi connectivity index (χ3v) is 4.51. The maximum Gasteiger partial charge on any atom is 0.264 e.